The van der Waals surface area contributed by atoms with E-state index in [2.05, 4.69) is 31.9 Å². The number of nitrogens with one attached hydrogen (secondary N) is 2. The van der Waals surface area contributed by atoms with Gasteiger partial charge < -0.3 is 29.7 Å². The Labute approximate surface area is 241 Å². The fourth-order valence-corrected chi connectivity index (χ4v) is 4.33. The summed E-state index contributed by atoms with van der Waals surface area (Å²) in [5.41, 5.74) is 2.91. The molecule has 2 aromatic carbocycles. The van der Waals surface area contributed by atoms with Gasteiger partial charge in [-0.1, -0.05) is 36.9 Å². The second-order valence-corrected chi connectivity index (χ2v) is 9.78. The number of aryl methyl sites for hydroxylation is 1. The van der Waals surface area contributed by atoms with Crippen LogP contribution in [0.1, 0.15) is 0 Å². The summed E-state index contributed by atoms with van der Waals surface area (Å²) >= 11 is 0. The minimum Gasteiger partial charge on any atom is -0.403 e. The van der Waals surface area contributed by atoms with Crippen molar-refractivity contribution < 1.29 is 22.7 Å². The summed E-state index contributed by atoms with van der Waals surface area (Å²) in [5, 5.41) is 6.57. The molecular formula is C30H32F3N7O2. The Morgan fingerprint density at radius 1 is 1.12 bits per heavy atom. The fraction of sp³-hybridized carbons (Fsp3) is 0.233. The molecule has 2 N–H and O–H groups in total. The number of hydrogen-bond acceptors (Lipinski definition) is 7. The van der Waals surface area contributed by atoms with Crippen molar-refractivity contribution in [2.45, 2.75) is 6.36 Å². The second kappa shape index (κ2) is 12.8. The summed E-state index contributed by atoms with van der Waals surface area (Å²) < 4.78 is 47.0. The van der Waals surface area contributed by atoms with Gasteiger partial charge in [0.15, 0.2) is 5.75 Å². The van der Waals surface area contributed by atoms with E-state index in [-0.39, 0.29) is 17.3 Å². The highest BCUT2D eigenvalue weighted by Gasteiger charge is 2.33. The SMILES string of the molecule is C=C/C=C/C(=O)Nc1cc(Nc2nccc(-c3cn(C)c4ccccc34)n2)c(OC(F)(F)F)cc1N(C)CCN(C)C. The average Bonchev–Trinajstić information content (AvgIpc) is 3.27. The highest BCUT2D eigenvalue weighted by Crippen LogP contribution is 2.40. The molecular weight excluding hydrogens is 547 g/mol. The monoisotopic (exact) mass is 579 g/mol. The molecule has 0 radical (unpaired) electrons. The Hall–Kier alpha value is -4.84. The van der Waals surface area contributed by atoms with Crippen LogP contribution in [0.2, 0.25) is 0 Å². The number of allylic oxidation sites excluding steroid dienone is 2. The Balaban J connectivity index is 1.78. The molecule has 0 aliphatic rings. The fourth-order valence-electron chi connectivity index (χ4n) is 4.33. The highest BCUT2D eigenvalue weighted by molar-refractivity contribution is 6.02. The first-order valence-corrected chi connectivity index (χ1v) is 13.0. The molecule has 42 heavy (non-hydrogen) atoms. The third-order valence-electron chi connectivity index (χ3n) is 6.33. The number of anilines is 4. The Morgan fingerprint density at radius 3 is 2.60 bits per heavy atom. The lowest BCUT2D eigenvalue weighted by atomic mass is 10.1. The molecule has 4 aromatic rings. The number of amides is 1. The molecule has 9 nitrogen and oxygen atoms in total. The summed E-state index contributed by atoms with van der Waals surface area (Å²) in [6.45, 7) is 4.63. The van der Waals surface area contributed by atoms with Crippen LogP contribution in [0.15, 0.2) is 79.7 Å². The van der Waals surface area contributed by atoms with Crippen molar-refractivity contribution in [3.05, 3.63) is 79.7 Å². The topological polar surface area (TPSA) is 87.5 Å². The number of halogens is 3. The third-order valence-corrected chi connectivity index (χ3v) is 6.33. The maximum atomic E-state index is 13.5. The minimum atomic E-state index is -4.97. The summed E-state index contributed by atoms with van der Waals surface area (Å²) in [5.74, 6) is -0.945. The first kappa shape index (κ1) is 30.1. The van der Waals surface area contributed by atoms with Crippen LogP contribution in [-0.4, -0.2) is 65.9 Å². The molecule has 0 saturated carbocycles. The predicted molar refractivity (Wildman–Crippen MR) is 160 cm³/mol. The maximum Gasteiger partial charge on any atom is 0.573 e. The van der Waals surface area contributed by atoms with E-state index in [9.17, 15) is 18.0 Å². The van der Waals surface area contributed by atoms with Gasteiger partial charge in [-0.25, -0.2) is 9.97 Å². The summed E-state index contributed by atoms with van der Waals surface area (Å²) in [6.07, 6.45) is 2.63. The maximum absolute atomic E-state index is 13.5. The van der Waals surface area contributed by atoms with Gasteiger partial charge in [0.05, 0.1) is 22.8 Å². The lowest BCUT2D eigenvalue weighted by Gasteiger charge is -2.26. The van der Waals surface area contributed by atoms with Crippen LogP contribution in [0.3, 0.4) is 0 Å². The molecule has 0 atom stereocenters. The van der Waals surface area contributed by atoms with E-state index < -0.39 is 18.0 Å². The number of para-hydroxylation sites is 1. The van der Waals surface area contributed by atoms with Crippen molar-refractivity contribution in [3.63, 3.8) is 0 Å². The van der Waals surface area contributed by atoms with E-state index in [1.165, 1.54) is 36.6 Å². The lowest BCUT2D eigenvalue weighted by Crippen LogP contribution is -2.29. The first-order chi connectivity index (χ1) is 19.9. The Kier molecular flexibility index (Phi) is 9.16. The highest BCUT2D eigenvalue weighted by atomic mass is 19.4. The van der Waals surface area contributed by atoms with Crippen LogP contribution in [0.4, 0.5) is 36.2 Å². The molecule has 12 heteroatoms. The molecule has 220 valence electrons. The smallest absolute Gasteiger partial charge is 0.403 e. The minimum absolute atomic E-state index is 0.0463. The van der Waals surface area contributed by atoms with Crippen LogP contribution in [0, 0.1) is 0 Å². The van der Waals surface area contributed by atoms with Gasteiger partial charge in [-0.2, -0.15) is 0 Å². The van der Waals surface area contributed by atoms with Crippen molar-refractivity contribution >= 4 is 39.8 Å². The Bertz CT molecular complexity index is 1610. The quantitative estimate of drug-likeness (QED) is 0.168. The second-order valence-electron chi connectivity index (χ2n) is 9.78. The normalized spacial score (nSPS) is 11.7. The average molecular weight is 580 g/mol. The molecule has 0 saturated heterocycles. The van der Waals surface area contributed by atoms with Gasteiger partial charge in [0.25, 0.3) is 0 Å². The predicted octanol–water partition coefficient (Wildman–Crippen LogP) is 5.96. The molecule has 0 fully saturated rings. The van der Waals surface area contributed by atoms with E-state index in [0.717, 1.165) is 16.5 Å². The van der Waals surface area contributed by atoms with Gasteiger partial charge in [0, 0.05) is 68.2 Å². The number of rotatable bonds is 11. The van der Waals surface area contributed by atoms with E-state index in [4.69, 9.17) is 0 Å². The van der Waals surface area contributed by atoms with Crippen molar-refractivity contribution in [3.8, 4) is 17.0 Å². The van der Waals surface area contributed by atoms with E-state index >= 15 is 0 Å². The van der Waals surface area contributed by atoms with Crippen LogP contribution >= 0.6 is 0 Å². The molecule has 2 aromatic heterocycles. The number of aromatic nitrogens is 3. The van der Waals surface area contributed by atoms with E-state index in [1.54, 1.807) is 18.0 Å². The van der Waals surface area contributed by atoms with E-state index in [0.29, 0.717) is 24.5 Å². The van der Waals surface area contributed by atoms with Gasteiger partial charge in [0.1, 0.15) is 0 Å². The molecule has 2 heterocycles. The number of fused-ring (bicyclic) bond motifs is 1. The number of likely N-dealkylation sites (N-methyl/N-ethyl adjacent to an activating group) is 2. The first-order valence-electron chi connectivity index (χ1n) is 13.0. The van der Waals surface area contributed by atoms with Gasteiger partial charge in [-0.3, -0.25) is 4.79 Å². The summed E-state index contributed by atoms with van der Waals surface area (Å²) in [6, 6.07) is 12.1. The standard InChI is InChI=1S/C30H32F3N7O2/c1-6-7-12-28(41)35-23-17-24(27(42-30(31,32)33)18-26(23)39(4)16-15-38(2)3)37-29-34-14-13-22(36-29)21-19-40(5)25-11-9-8-10-20(21)25/h6-14,17-19H,1,15-16H2,2-5H3,(H,35,41)(H,34,36,37)/b12-7+. The lowest BCUT2D eigenvalue weighted by molar-refractivity contribution is -0.274. The van der Waals surface area contributed by atoms with Crippen LogP contribution in [0.25, 0.3) is 22.2 Å². The van der Waals surface area contributed by atoms with Crippen LogP contribution in [0.5, 0.6) is 5.75 Å². The van der Waals surface area contributed by atoms with Gasteiger partial charge in [0.2, 0.25) is 11.9 Å². The number of benzene rings is 2. The number of alkyl halides is 3. The van der Waals surface area contributed by atoms with Gasteiger partial charge in [-0.15, -0.1) is 13.2 Å². The Morgan fingerprint density at radius 2 is 1.88 bits per heavy atom. The zero-order chi connectivity index (χ0) is 30.4. The zero-order valence-electron chi connectivity index (χ0n) is 23.7. The molecule has 4 rings (SSSR count). The van der Waals surface area contributed by atoms with Crippen LogP contribution < -0.4 is 20.3 Å². The largest absolute Gasteiger partial charge is 0.573 e. The number of hydrogen-bond donors (Lipinski definition) is 2. The molecule has 0 aliphatic carbocycles. The third kappa shape index (κ3) is 7.46. The van der Waals surface area contributed by atoms with E-state index in [1.807, 2.05) is 61.1 Å². The van der Waals surface area contributed by atoms with Crippen molar-refractivity contribution in [1.29, 1.82) is 0 Å². The molecule has 0 unspecified atom stereocenters. The van der Waals surface area contributed by atoms with Crippen molar-refractivity contribution in [2.75, 3.05) is 49.8 Å². The number of ether oxygens (including phenoxy) is 1. The van der Waals surface area contributed by atoms with Crippen molar-refractivity contribution in [2.24, 2.45) is 7.05 Å². The molecule has 0 aliphatic heterocycles. The van der Waals surface area contributed by atoms with Gasteiger partial charge in [-0.05, 0) is 32.3 Å². The number of carbonyl (C=O) groups excluding carboxylic acids is 1. The molecule has 1 amide bonds. The van der Waals surface area contributed by atoms with Crippen molar-refractivity contribution in [1.82, 2.24) is 19.4 Å². The number of nitrogens with zero attached hydrogens (tertiary/aromatic N) is 5. The number of carbonyl (C=O) groups is 1. The molecule has 0 spiro atoms. The van der Waals surface area contributed by atoms with Crippen LogP contribution in [-0.2, 0) is 11.8 Å². The van der Waals surface area contributed by atoms with Gasteiger partial charge >= 0.3 is 6.36 Å². The zero-order valence-corrected chi connectivity index (χ0v) is 23.7. The summed E-state index contributed by atoms with van der Waals surface area (Å²) in [4.78, 5) is 25.1. The summed E-state index contributed by atoms with van der Waals surface area (Å²) in [7, 11) is 7.40. The molecule has 0 bridgehead atoms.